The van der Waals surface area contributed by atoms with Crippen LogP contribution in [-0.4, -0.2) is 30.1 Å². The van der Waals surface area contributed by atoms with Gasteiger partial charge in [0.1, 0.15) is 5.60 Å². The minimum atomic E-state index is -1.49. The second-order valence-corrected chi connectivity index (χ2v) is 7.06. The molecular weight excluding hydrogens is 260 g/mol. The first-order valence-electron chi connectivity index (χ1n) is 6.67. The Balaban J connectivity index is 2.75. The van der Waals surface area contributed by atoms with Crippen molar-refractivity contribution in [3.63, 3.8) is 0 Å². The van der Waals surface area contributed by atoms with Crippen LogP contribution in [-0.2, 0) is 24.1 Å². The summed E-state index contributed by atoms with van der Waals surface area (Å²) in [5.41, 5.74) is -2.54. The smallest absolute Gasteiger partial charge is 0.242 e. The van der Waals surface area contributed by atoms with E-state index in [0.717, 1.165) is 0 Å². The van der Waals surface area contributed by atoms with E-state index < -0.39 is 22.2 Å². The fourth-order valence-electron chi connectivity index (χ4n) is 3.10. The molecule has 0 N–H and O–H groups in total. The summed E-state index contributed by atoms with van der Waals surface area (Å²) in [5, 5.41) is 0. The Labute approximate surface area is 119 Å². The molecule has 0 aromatic heterocycles. The highest BCUT2D eigenvalue weighted by Gasteiger charge is 2.68. The van der Waals surface area contributed by atoms with Crippen LogP contribution < -0.4 is 0 Å². The minimum Gasteiger partial charge on any atom is -0.346 e. The number of methoxy groups -OCH3 is 1. The Kier molecular flexibility index (Phi) is 3.07. The average molecular weight is 282 g/mol. The lowest BCUT2D eigenvalue weighted by Crippen LogP contribution is -2.67. The van der Waals surface area contributed by atoms with E-state index in [4.69, 9.17) is 14.5 Å². The minimum absolute atomic E-state index is 0.225. The Bertz CT molecular complexity index is 512. The van der Waals surface area contributed by atoms with Gasteiger partial charge in [0.2, 0.25) is 5.79 Å². The predicted octanol–water partition coefficient (Wildman–Crippen LogP) is 2.20. The molecule has 0 bridgehead atoms. The summed E-state index contributed by atoms with van der Waals surface area (Å²) in [6.45, 7) is 10.3. The van der Waals surface area contributed by atoms with Gasteiger partial charge in [0.05, 0.1) is 16.4 Å². The van der Waals surface area contributed by atoms with E-state index in [1.807, 2.05) is 0 Å². The van der Waals surface area contributed by atoms with Gasteiger partial charge in [0.25, 0.3) is 0 Å². The van der Waals surface area contributed by atoms with Crippen LogP contribution >= 0.6 is 0 Å². The van der Waals surface area contributed by atoms with Crippen molar-refractivity contribution in [3.8, 4) is 0 Å². The van der Waals surface area contributed by atoms with Gasteiger partial charge >= 0.3 is 0 Å². The van der Waals surface area contributed by atoms with Gasteiger partial charge in [-0.3, -0.25) is 9.59 Å². The molecule has 2 rings (SSSR count). The van der Waals surface area contributed by atoms with E-state index in [1.165, 1.54) is 7.11 Å². The standard InChI is InChI=1S/C15H22O5/c1-12(2)8-9-10(16)13(3,4)11(17)14(5,6)15(9,18-7)20-19-12/h8H,1-7H3. The molecule has 1 fully saturated rings. The summed E-state index contributed by atoms with van der Waals surface area (Å²) in [7, 11) is 1.41. The quantitative estimate of drug-likeness (QED) is 0.545. The van der Waals surface area contributed by atoms with E-state index >= 15 is 0 Å². The van der Waals surface area contributed by atoms with E-state index in [1.54, 1.807) is 47.6 Å². The normalized spacial score (nSPS) is 34.5. The number of rotatable bonds is 1. The summed E-state index contributed by atoms with van der Waals surface area (Å²) < 4.78 is 5.47. The summed E-state index contributed by atoms with van der Waals surface area (Å²) in [6.07, 6.45) is 1.69. The number of carbonyl (C=O) groups is 2. The van der Waals surface area contributed by atoms with Crippen molar-refractivity contribution in [2.24, 2.45) is 10.8 Å². The molecule has 112 valence electrons. The topological polar surface area (TPSA) is 61.8 Å². The van der Waals surface area contributed by atoms with Crippen molar-refractivity contribution in [2.45, 2.75) is 52.9 Å². The Morgan fingerprint density at radius 3 is 2.05 bits per heavy atom. The SMILES string of the molecule is COC12OOC(C)(C)C=C1C(=O)C(C)(C)C(=O)C2(C)C. The highest BCUT2D eigenvalue weighted by Crippen LogP contribution is 2.54. The molecule has 0 aromatic carbocycles. The van der Waals surface area contributed by atoms with Crippen LogP contribution in [0.15, 0.2) is 11.6 Å². The molecule has 1 heterocycles. The third-order valence-electron chi connectivity index (χ3n) is 4.28. The molecule has 1 atom stereocenters. The van der Waals surface area contributed by atoms with Gasteiger partial charge < -0.3 is 4.74 Å². The van der Waals surface area contributed by atoms with Crippen molar-refractivity contribution in [2.75, 3.05) is 7.11 Å². The summed E-state index contributed by atoms with van der Waals surface area (Å²) in [6, 6.07) is 0. The van der Waals surface area contributed by atoms with Gasteiger partial charge in [0, 0.05) is 7.11 Å². The van der Waals surface area contributed by atoms with Gasteiger partial charge in [-0.25, -0.2) is 4.89 Å². The largest absolute Gasteiger partial charge is 0.346 e. The molecule has 0 spiro atoms. The number of fused-ring (bicyclic) bond motifs is 1. The van der Waals surface area contributed by atoms with E-state index in [0.29, 0.717) is 5.57 Å². The molecule has 0 radical (unpaired) electrons. The first-order valence-corrected chi connectivity index (χ1v) is 6.67. The summed E-state index contributed by atoms with van der Waals surface area (Å²) in [4.78, 5) is 36.2. The molecule has 1 aliphatic carbocycles. The van der Waals surface area contributed by atoms with Gasteiger partial charge in [0.15, 0.2) is 11.6 Å². The first kappa shape index (κ1) is 15.4. The predicted molar refractivity (Wildman–Crippen MR) is 71.6 cm³/mol. The van der Waals surface area contributed by atoms with Crippen molar-refractivity contribution < 1.29 is 24.1 Å². The molecule has 20 heavy (non-hydrogen) atoms. The first-order chi connectivity index (χ1) is 8.92. The molecule has 1 saturated carbocycles. The molecular formula is C15H22O5. The van der Waals surface area contributed by atoms with Gasteiger partial charge in [-0.05, 0) is 47.6 Å². The van der Waals surface area contributed by atoms with Crippen LogP contribution in [0.2, 0.25) is 0 Å². The summed E-state index contributed by atoms with van der Waals surface area (Å²) in [5.74, 6) is -2.00. The van der Waals surface area contributed by atoms with Crippen LogP contribution in [0.25, 0.3) is 0 Å². The number of ether oxygens (including phenoxy) is 1. The molecule has 5 heteroatoms. The lowest BCUT2D eigenvalue weighted by Gasteiger charge is -2.53. The van der Waals surface area contributed by atoms with Crippen molar-refractivity contribution in [3.05, 3.63) is 11.6 Å². The zero-order valence-electron chi connectivity index (χ0n) is 13.1. The van der Waals surface area contributed by atoms with E-state index in [2.05, 4.69) is 0 Å². The Morgan fingerprint density at radius 2 is 1.55 bits per heavy atom. The highest BCUT2D eigenvalue weighted by atomic mass is 17.2. The Hall–Kier alpha value is -1.04. The molecule has 2 aliphatic rings. The van der Waals surface area contributed by atoms with Crippen molar-refractivity contribution in [1.82, 2.24) is 0 Å². The number of ketones is 2. The molecule has 0 saturated heterocycles. The second-order valence-electron chi connectivity index (χ2n) is 7.06. The van der Waals surface area contributed by atoms with Crippen LogP contribution in [0.1, 0.15) is 41.5 Å². The molecule has 0 aromatic rings. The fraction of sp³-hybridized carbons (Fsp3) is 0.733. The van der Waals surface area contributed by atoms with Crippen molar-refractivity contribution >= 4 is 11.6 Å². The number of Topliss-reactive ketones (excluding diaryl/α,β-unsaturated/α-hetero) is 2. The molecule has 1 unspecified atom stereocenters. The van der Waals surface area contributed by atoms with Crippen LogP contribution in [0.3, 0.4) is 0 Å². The lowest BCUT2D eigenvalue weighted by molar-refractivity contribution is -0.466. The third-order valence-corrected chi connectivity index (χ3v) is 4.28. The maximum absolute atomic E-state index is 12.7. The van der Waals surface area contributed by atoms with Gasteiger partial charge in [-0.15, -0.1) is 0 Å². The number of hydrogen-bond donors (Lipinski definition) is 0. The average Bonchev–Trinajstić information content (AvgIpc) is 2.34. The van der Waals surface area contributed by atoms with E-state index in [9.17, 15) is 9.59 Å². The number of carbonyl (C=O) groups excluding carboxylic acids is 2. The third kappa shape index (κ3) is 1.66. The van der Waals surface area contributed by atoms with Crippen LogP contribution in [0, 0.1) is 10.8 Å². The molecule has 5 nitrogen and oxygen atoms in total. The summed E-state index contributed by atoms with van der Waals surface area (Å²) >= 11 is 0. The zero-order chi connectivity index (χ0) is 15.6. The zero-order valence-corrected chi connectivity index (χ0v) is 13.1. The van der Waals surface area contributed by atoms with Crippen LogP contribution in [0.5, 0.6) is 0 Å². The highest BCUT2D eigenvalue weighted by molar-refractivity contribution is 6.19. The lowest BCUT2D eigenvalue weighted by atomic mass is 9.57. The van der Waals surface area contributed by atoms with Gasteiger partial charge in [-0.2, -0.15) is 4.89 Å². The van der Waals surface area contributed by atoms with E-state index in [-0.39, 0.29) is 11.6 Å². The van der Waals surface area contributed by atoms with Crippen molar-refractivity contribution in [1.29, 1.82) is 0 Å². The number of hydrogen-bond acceptors (Lipinski definition) is 5. The second kappa shape index (κ2) is 4.00. The monoisotopic (exact) mass is 282 g/mol. The molecule has 0 amide bonds. The van der Waals surface area contributed by atoms with Gasteiger partial charge in [-0.1, -0.05) is 0 Å². The van der Waals surface area contributed by atoms with Crippen LogP contribution in [0.4, 0.5) is 0 Å². The Morgan fingerprint density at radius 1 is 1.00 bits per heavy atom. The molecule has 1 aliphatic heterocycles. The fourth-order valence-corrected chi connectivity index (χ4v) is 3.10. The maximum Gasteiger partial charge on any atom is 0.242 e. The maximum atomic E-state index is 12.7.